The van der Waals surface area contributed by atoms with Crippen molar-refractivity contribution >= 4 is 5.97 Å². The third-order valence-corrected chi connectivity index (χ3v) is 3.35. The van der Waals surface area contributed by atoms with Crippen LogP contribution in [0.1, 0.15) is 16.1 Å². The lowest BCUT2D eigenvalue weighted by Crippen LogP contribution is -2.05. The van der Waals surface area contributed by atoms with Gasteiger partial charge in [-0.25, -0.2) is 18.3 Å². The van der Waals surface area contributed by atoms with Crippen molar-refractivity contribution in [2.24, 2.45) is 0 Å². The molecular formula is C16H11F2N3O2. The van der Waals surface area contributed by atoms with Gasteiger partial charge in [-0.2, -0.15) is 0 Å². The maximum Gasteiger partial charge on any atom is 0.358 e. The Bertz CT molecular complexity index is 886. The number of carboxylic acids is 1. The van der Waals surface area contributed by atoms with E-state index in [2.05, 4.69) is 10.3 Å². The molecule has 7 heteroatoms. The Morgan fingerprint density at radius 1 is 1.13 bits per heavy atom. The summed E-state index contributed by atoms with van der Waals surface area (Å²) in [6.07, 6.45) is 0. The Morgan fingerprint density at radius 2 is 1.78 bits per heavy atom. The van der Waals surface area contributed by atoms with Crippen LogP contribution in [0.3, 0.4) is 0 Å². The largest absolute Gasteiger partial charge is 0.476 e. The molecule has 3 rings (SSSR count). The number of nitrogens with zero attached hydrogens (tertiary/aromatic N) is 3. The van der Waals surface area contributed by atoms with E-state index in [1.807, 2.05) is 19.1 Å². The molecule has 0 amide bonds. The lowest BCUT2D eigenvalue weighted by Gasteiger charge is -2.10. The van der Waals surface area contributed by atoms with Gasteiger partial charge >= 0.3 is 5.97 Å². The topological polar surface area (TPSA) is 68.0 Å². The molecule has 116 valence electrons. The number of aromatic nitrogens is 3. The normalized spacial score (nSPS) is 10.7. The Kier molecular flexibility index (Phi) is 3.61. The average Bonchev–Trinajstić information content (AvgIpc) is 2.91. The maximum absolute atomic E-state index is 13.5. The molecule has 0 radical (unpaired) electrons. The van der Waals surface area contributed by atoms with Crippen molar-refractivity contribution in [1.29, 1.82) is 0 Å². The summed E-state index contributed by atoms with van der Waals surface area (Å²) in [5, 5.41) is 16.8. The molecule has 0 saturated heterocycles. The van der Waals surface area contributed by atoms with Gasteiger partial charge in [0.2, 0.25) is 0 Å². The van der Waals surface area contributed by atoms with E-state index in [1.54, 1.807) is 12.1 Å². The summed E-state index contributed by atoms with van der Waals surface area (Å²) in [4.78, 5) is 11.4. The molecule has 1 N–H and O–H groups in total. The van der Waals surface area contributed by atoms with E-state index in [-0.39, 0.29) is 17.0 Å². The summed E-state index contributed by atoms with van der Waals surface area (Å²) in [7, 11) is 0. The van der Waals surface area contributed by atoms with Crippen molar-refractivity contribution in [2.45, 2.75) is 6.92 Å². The molecule has 5 nitrogen and oxygen atoms in total. The zero-order chi connectivity index (χ0) is 16.6. The van der Waals surface area contributed by atoms with Gasteiger partial charge in [-0.1, -0.05) is 23.4 Å². The summed E-state index contributed by atoms with van der Waals surface area (Å²) >= 11 is 0. The highest BCUT2D eigenvalue weighted by molar-refractivity contribution is 5.93. The Morgan fingerprint density at radius 3 is 2.39 bits per heavy atom. The average molecular weight is 315 g/mol. The number of aryl methyl sites for hydroxylation is 1. The van der Waals surface area contributed by atoms with Crippen LogP contribution in [0.15, 0.2) is 42.5 Å². The second-order valence-electron chi connectivity index (χ2n) is 4.95. The summed E-state index contributed by atoms with van der Waals surface area (Å²) in [5.74, 6) is -2.95. The molecule has 0 fully saturated rings. The zero-order valence-electron chi connectivity index (χ0n) is 12.0. The predicted octanol–water partition coefficient (Wildman–Crippen LogP) is 3.22. The number of benzene rings is 2. The number of aromatic carboxylic acids is 1. The highest BCUT2D eigenvalue weighted by atomic mass is 19.1. The summed E-state index contributed by atoms with van der Waals surface area (Å²) in [6, 6.07) is 9.90. The Balaban J connectivity index is 2.32. The second kappa shape index (κ2) is 5.60. The maximum atomic E-state index is 13.5. The van der Waals surface area contributed by atoms with Crippen LogP contribution in [0.2, 0.25) is 0 Å². The molecule has 0 bridgehead atoms. The summed E-state index contributed by atoms with van der Waals surface area (Å²) in [5.41, 5.74) is 1.08. The van der Waals surface area contributed by atoms with Crippen LogP contribution in [0.4, 0.5) is 8.78 Å². The van der Waals surface area contributed by atoms with E-state index >= 15 is 0 Å². The molecule has 0 saturated carbocycles. The fourth-order valence-corrected chi connectivity index (χ4v) is 2.35. The number of carbonyl (C=O) groups is 1. The minimum Gasteiger partial charge on any atom is -0.476 e. The Labute approximate surface area is 129 Å². The SMILES string of the molecule is Cc1ccccc1-n1nnc(C(=O)O)c1-c1cc(F)cc(F)c1. The molecule has 3 aromatic rings. The van der Waals surface area contributed by atoms with E-state index in [0.29, 0.717) is 11.8 Å². The van der Waals surface area contributed by atoms with Crippen LogP contribution in [0.5, 0.6) is 0 Å². The van der Waals surface area contributed by atoms with E-state index in [9.17, 15) is 18.7 Å². The molecule has 0 spiro atoms. The van der Waals surface area contributed by atoms with Gasteiger partial charge in [-0.05, 0) is 30.7 Å². The molecule has 0 aliphatic carbocycles. The molecule has 1 aromatic heterocycles. The first-order chi connectivity index (χ1) is 11.0. The number of para-hydroxylation sites is 1. The van der Waals surface area contributed by atoms with Gasteiger partial charge < -0.3 is 5.11 Å². The quantitative estimate of drug-likeness (QED) is 0.806. The van der Waals surface area contributed by atoms with Gasteiger partial charge in [0.15, 0.2) is 5.69 Å². The number of halogens is 2. The van der Waals surface area contributed by atoms with E-state index in [0.717, 1.165) is 17.7 Å². The highest BCUT2D eigenvalue weighted by Gasteiger charge is 2.23. The zero-order valence-corrected chi connectivity index (χ0v) is 12.0. The van der Waals surface area contributed by atoms with Crippen LogP contribution in [0, 0.1) is 18.6 Å². The molecule has 23 heavy (non-hydrogen) atoms. The third-order valence-electron chi connectivity index (χ3n) is 3.35. The summed E-state index contributed by atoms with van der Waals surface area (Å²) < 4.78 is 28.3. The van der Waals surface area contributed by atoms with Crippen LogP contribution < -0.4 is 0 Å². The fraction of sp³-hybridized carbons (Fsp3) is 0.0625. The van der Waals surface area contributed by atoms with Crippen molar-refractivity contribution in [2.75, 3.05) is 0 Å². The minimum absolute atomic E-state index is 0.0187. The predicted molar refractivity (Wildman–Crippen MR) is 78.4 cm³/mol. The minimum atomic E-state index is -1.33. The van der Waals surface area contributed by atoms with E-state index < -0.39 is 17.6 Å². The molecule has 0 aliphatic heterocycles. The van der Waals surface area contributed by atoms with E-state index in [4.69, 9.17) is 0 Å². The smallest absolute Gasteiger partial charge is 0.358 e. The molecule has 0 aliphatic rings. The number of carboxylic acid groups (broad SMARTS) is 1. The first-order valence-corrected chi connectivity index (χ1v) is 6.69. The van der Waals surface area contributed by atoms with Crippen molar-refractivity contribution < 1.29 is 18.7 Å². The Hall–Kier alpha value is -3.09. The second-order valence-corrected chi connectivity index (χ2v) is 4.95. The van der Waals surface area contributed by atoms with Crippen molar-refractivity contribution in [3.63, 3.8) is 0 Å². The summed E-state index contributed by atoms with van der Waals surface area (Å²) in [6.45, 7) is 1.81. The molecular weight excluding hydrogens is 304 g/mol. The van der Waals surface area contributed by atoms with Crippen LogP contribution >= 0.6 is 0 Å². The van der Waals surface area contributed by atoms with Crippen molar-refractivity contribution in [3.05, 3.63) is 65.4 Å². The standard InChI is InChI=1S/C16H11F2N3O2/c1-9-4-2-3-5-13(9)21-15(14(16(22)23)19-20-21)10-6-11(17)8-12(18)7-10/h2-8H,1H3,(H,22,23). The van der Waals surface area contributed by atoms with Crippen LogP contribution in [-0.4, -0.2) is 26.1 Å². The number of hydrogen-bond donors (Lipinski definition) is 1. The highest BCUT2D eigenvalue weighted by Crippen LogP contribution is 2.28. The molecule has 2 aromatic carbocycles. The van der Waals surface area contributed by atoms with Gasteiger partial charge in [0, 0.05) is 11.6 Å². The van der Waals surface area contributed by atoms with Gasteiger partial charge in [0.1, 0.15) is 17.3 Å². The van der Waals surface area contributed by atoms with Crippen LogP contribution in [0.25, 0.3) is 16.9 Å². The lowest BCUT2D eigenvalue weighted by atomic mass is 10.1. The fourth-order valence-electron chi connectivity index (χ4n) is 2.35. The van der Waals surface area contributed by atoms with Crippen molar-refractivity contribution in [1.82, 2.24) is 15.0 Å². The molecule has 1 heterocycles. The number of rotatable bonds is 3. The van der Waals surface area contributed by atoms with Gasteiger partial charge in [0.25, 0.3) is 0 Å². The van der Waals surface area contributed by atoms with Crippen molar-refractivity contribution in [3.8, 4) is 16.9 Å². The first-order valence-electron chi connectivity index (χ1n) is 6.69. The molecule has 0 atom stereocenters. The van der Waals surface area contributed by atoms with Crippen LogP contribution in [-0.2, 0) is 0 Å². The van der Waals surface area contributed by atoms with Gasteiger partial charge in [-0.3, -0.25) is 0 Å². The lowest BCUT2D eigenvalue weighted by molar-refractivity contribution is 0.0691. The molecule has 0 unspecified atom stereocenters. The number of hydrogen-bond acceptors (Lipinski definition) is 3. The van der Waals surface area contributed by atoms with E-state index in [1.165, 1.54) is 4.68 Å². The van der Waals surface area contributed by atoms with Gasteiger partial charge in [0.05, 0.1) is 5.69 Å². The third kappa shape index (κ3) is 2.68. The first kappa shape index (κ1) is 14.8. The van der Waals surface area contributed by atoms with Gasteiger partial charge in [-0.15, -0.1) is 5.10 Å². The monoisotopic (exact) mass is 315 g/mol.